The first-order valence-electron chi connectivity index (χ1n) is 3.44. The number of nitrogens with one attached hydrogen (secondary N) is 1. The van der Waals surface area contributed by atoms with Gasteiger partial charge in [-0.05, 0) is 20.9 Å². The first kappa shape index (κ1) is 9.41. The summed E-state index contributed by atoms with van der Waals surface area (Å²) in [4.78, 5) is 0. The minimum absolute atomic E-state index is 0.0278. The second-order valence-corrected chi connectivity index (χ2v) is 2.06. The molecule has 58 valence electrons. The molecule has 1 N–H and O–H groups in total. The topological polar surface area (TPSA) is 45.0 Å². The van der Waals surface area contributed by atoms with E-state index in [1.165, 1.54) is 0 Å². The van der Waals surface area contributed by atoms with E-state index >= 15 is 0 Å². The summed E-state index contributed by atoms with van der Waals surface area (Å²) in [6.45, 7) is 4.45. The largest absolute Gasteiger partial charge is 0.376 e. The second-order valence-electron chi connectivity index (χ2n) is 2.06. The normalized spacial score (nSPS) is 15.8. The first-order valence-corrected chi connectivity index (χ1v) is 3.44. The standard InChI is InChI=1S/C7H14N2O/c1-4-10-6(2)7(5-8)9-3/h6-7,9H,4H2,1-3H3/t6-,7?/m1/s1. The summed E-state index contributed by atoms with van der Waals surface area (Å²) in [6, 6.07) is 1.91. The Labute approximate surface area is 62.0 Å². The molecule has 0 amide bonds. The molecule has 2 atom stereocenters. The van der Waals surface area contributed by atoms with Gasteiger partial charge in [-0.2, -0.15) is 5.26 Å². The molecule has 0 aromatic carbocycles. The maximum atomic E-state index is 8.53. The summed E-state index contributed by atoms with van der Waals surface area (Å²) >= 11 is 0. The van der Waals surface area contributed by atoms with Crippen molar-refractivity contribution in [1.29, 1.82) is 5.26 Å². The summed E-state index contributed by atoms with van der Waals surface area (Å²) in [6.07, 6.45) is -0.0278. The zero-order valence-corrected chi connectivity index (χ0v) is 6.72. The van der Waals surface area contributed by atoms with E-state index in [1.54, 1.807) is 7.05 Å². The smallest absolute Gasteiger partial charge is 0.121 e. The number of nitrogens with zero attached hydrogens (tertiary/aromatic N) is 1. The fourth-order valence-electron chi connectivity index (χ4n) is 0.763. The van der Waals surface area contributed by atoms with Crippen molar-refractivity contribution < 1.29 is 4.74 Å². The first-order chi connectivity index (χ1) is 4.76. The van der Waals surface area contributed by atoms with E-state index in [4.69, 9.17) is 10.00 Å². The van der Waals surface area contributed by atoms with Crippen molar-refractivity contribution in [3.63, 3.8) is 0 Å². The predicted molar refractivity (Wildman–Crippen MR) is 39.5 cm³/mol. The molecule has 0 saturated heterocycles. The molecule has 0 aliphatic heterocycles. The molecule has 0 heterocycles. The maximum Gasteiger partial charge on any atom is 0.121 e. The highest BCUT2D eigenvalue weighted by atomic mass is 16.5. The van der Waals surface area contributed by atoms with Gasteiger partial charge in [-0.1, -0.05) is 0 Å². The van der Waals surface area contributed by atoms with E-state index < -0.39 is 0 Å². The molecule has 0 aromatic rings. The van der Waals surface area contributed by atoms with Crippen LogP contribution in [-0.2, 0) is 4.74 Å². The number of likely N-dealkylation sites (N-methyl/N-ethyl adjacent to an activating group) is 1. The molecular formula is C7H14N2O. The van der Waals surface area contributed by atoms with Crippen LogP contribution in [0.1, 0.15) is 13.8 Å². The number of nitriles is 1. The fourth-order valence-corrected chi connectivity index (χ4v) is 0.763. The van der Waals surface area contributed by atoms with Gasteiger partial charge in [0.1, 0.15) is 6.04 Å². The lowest BCUT2D eigenvalue weighted by Crippen LogP contribution is -2.36. The zero-order chi connectivity index (χ0) is 7.98. The lowest BCUT2D eigenvalue weighted by atomic mass is 10.2. The minimum atomic E-state index is -0.194. The Kier molecular flexibility index (Phi) is 4.91. The number of rotatable bonds is 4. The van der Waals surface area contributed by atoms with Gasteiger partial charge in [0.05, 0.1) is 12.2 Å². The average Bonchev–Trinajstić information content (AvgIpc) is 1.91. The average molecular weight is 142 g/mol. The fraction of sp³-hybridized carbons (Fsp3) is 0.857. The number of ether oxygens (including phenoxy) is 1. The molecule has 0 bridgehead atoms. The van der Waals surface area contributed by atoms with Crippen LogP contribution in [0, 0.1) is 11.3 Å². The van der Waals surface area contributed by atoms with E-state index in [1.807, 2.05) is 13.8 Å². The van der Waals surface area contributed by atoms with Crippen molar-refractivity contribution in [2.24, 2.45) is 0 Å². The van der Waals surface area contributed by atoms with Crippen molar-refractivity contribution in [2.45, 2.75) is 26.0 Å². The maximum absolute atomic E-state index is 8.53. The minimum Gasteiger partial charge on any atom is -0.376 e. The van der Waals surface area contributed by atoms with Crippen LogP contribution >= 0.6 is 0 Å². The Morgan fingerprint density at radius 1 is 1.70 bits per heavy atom. The highest BCUT2D eigenvalue weighted by Gasteiger charge is 2.13. The third kappa shape index (κ3) is 2.81. The number of hydrogen-bond donors (Lipinski definition) is 1. The zero-order valence-electron chi connectivity index (χ0n) is 6.72. The number of hydrogen-bond acceptors (Lipinski definition) is 3. The van der Waals surface area contributed by atoms with Crippen LogP contribution in [0.4, 0.5) is 0 Å². The van der Waals surface area contributed by atoms with E-state index in [0.29, 0.717) is 6.61 Å². The van der Waals surface area contributed by atoms with Crippen molar-refractivity contribution in [1.82, 2.24) is 5.32 Å². The van der Waals surface area contributed by atoms with Gasteiger partial charge >= 0.3 is 0 Å². The van der Waals surface area contributed by atoms with Gasteiger partial charge in [-0.15, -0.1) is 0 Å². The van der Waals surface area contributed by atoms with Gasteiger partial charge in [0.2, 0.25) is 0 Å². The highest BCUT2D eigenvalue weighted by molar-refractivity contribution is 4.93. The molecule has 0 aromatic heterocycles. The Balaban J connectivity index is 3.67. The van der Waals surface area contributed by atoms with E-state index in [2.05, 4.69) is 11.4 Å². The predicted octanol–water partition coefficient (Wildman–Crippen LogP) is 0.523. The molecule has 1 unspecified atom stereocenters. The molecule has 0 saturated carbocycles. The lowest BCUT2D eigenvalue weighted by molar-refractivity contribution is 0.0627. The molecule has 0 fully saturated rings. The van der Waals surface area contributed by atoms with Crippen LogP contribution in [-0.4, -0.2) is 25.8 Å². The second kappa shape index (κ2) is 5.21. The summed E-state index contributed by atoms with van der Waals surface area (Å²) < 4.78 is 5.20. The van der Waals surface area contributed by atoms with Crippen LogP contribution < -0.4 is 5.32 Å². The molecular weight excluding hydrogens is 128 g/mol. The molecule has 0 spiro atoms. The van der Waals surface area contributed by atoms with Gasteiger partial charge in [-0.25, -0.2) is 0 Å². The summed E-state index contributed by atoms with van der Waals surface area (Å²) in [5, 5.41) is 11.4. The van der Waals surface area contributed by atoms with E-state index in [9.17, 15) is 0 Å². The SMILES string of the molecule is CCO[C@H](C)C(C#N)NC. The molecule has 0 radical (unpaired) electrons. The van der Waals surface area contributed by atoms with Gasteiger partial charge < -0.3 is 10.1 Å². The Bertz CT molecular complexity index is 119. The monoisotopic (exact) mass is 142 g/mol. The van der Waals surface area contributed by atoms with Gasteiger partial charge in [0.25, 0.3) is 0 Å². The molecule has 0 aliphatic carbocycles. The van der Waals surface area contributed by atoms with Crippen LogP contribution in [0.25, 0.3) is 0 Å². The molecule has 0 aliphatic rings. The van der Waals surface area contributed by atoms with Gasteiger partial charge in [0.15, 0.2) is 0 Å². The van der Waals surface area contributed by atoms with Gasteiger partial charge in [0, 0.05) is 6.61 Å². The molecule has 10 heavy (non-hydrogen) atoms. The third-order valence-electron chi connectivity index (χ3n) is 1.35. The Morgan fingerprint density at radius 2 is 2.30 bits per heavy atom. The molecule has 0 rings (SSSR count). The van der Waals surface area contributed by atoms with E-state index in [-0.39, 0.29) is 12.1 Å². The van der Waals surface area contributed by atoms with Crippen molar-refractivity contribution in [3.05, 3.63) is 0 Å². The Morgan fingerprint density at radius 3 is 2.60 bits per heavy atom. The van der Waals surface area contributed by atoms with Crippen molar-refractivity contribution in [3.8, 4) is 6.07 Å². The summed E-state index contributed by atoms with van der Waals surface area (Å²) in [7, 11) is 1.75. The van der Waals surface area contributed by atoms with Gasteiger partial charge in [-0.3, -0.25) is 0 Å². The highest BCUT2D eigenvalue weighted by Crippen LogP contribution is 1.95. The quantitative estimate of drug-likeness (QED) is 0.622. The molecule has 3 heteroatoms. The Hall–Kier alpha value is -0.590. The third-order valence-corrected chi connectivity index (χ3v) is 1.35. The van der Waals surface area contributed by atoms with Crippen LogP contribution in [0.15, 0.2) is 0 Å². The summed E-state index contributed by atoms with van der Waals surface area (Å²) in [5.41, 5.74) is 0. The lowest BCUT2D eigenvalue weighted by Gasteiger charge is -2.15. The van der Waals surface area contributed by atoms with Crippen molar-refractivity contribution in [2.75, 3.05) is 13.7 Å². The van der Waals surface area contributed by atoms with Crippen LogP contribution in [0.2, 0.25) is 0 Å². The summed E-state index contributed by atoms with van der Waals surface area (Å²) in [5.74, 6) is 0. The van der Waals surface area contributed by atoms with Crippen LogP contribution in [0.5, 0.6) is 0 Å². The van der Waals surface area contributed by atoms with Crippen molar-refractivity contribution >= 4 is 0 Å². The van der Waals surface area contributed by atoms with Crippen LogP contribution in [0.3, 0.4) is 0 Å². The van der Waals surface area contributed by atoms with E-state index in [0.717, 1.165) is 0 Å². The molecule has 3 nitrogen and oxygen atoms in total.